The van der Waals surface area contributed by atoms with Gasteiger partial charge in [-0.05, 0) is 0 Å². The topological polar surface area (TPSA) is 30.2 Å². The van der Waals surface area contributed by atoms with Crippen LogP contribution in [0.2, 0.25) is 0 Å². The summed E-state index contributed by atoms with van der Waals surface area (Å²) in [5.74, 6) is -14.0. The first-order valence-corrected chi connectivity index (χ1v) is 3.92. The first kappa shape index (κ1) is 13.5. The summed E-state index contributed by atoms with van der Waals surface area (Å²) in [5.41, 5.74) is -1.18. The molecule has 0 spiro atoms. The highest BCUT2D eigenvalue weighted by Crippen LogP contribution is 2.51. The van der Waals surface area contributed by atoms with Gasteiger partial charge in [-0.15, -0.1) is 0 Å². The molecule has 0 bridgehead atoms. The Morgan fingerprint density at radius 2 is 1.53 bits per heavy atom. The van der Waals surface area contributed by atoms with Gasteiger partial charge in [0.05, 0.1) is 6.26 Å². The van der Waals surface area contributed by atoms with Gasteiger partial charge in [0.15, 0.2) is 11.2 Å². The Balaban J connectivity index is 3.33. The molecular formula is C8H3F7O2. The van der Waals surface area contributed by atoms with Gasteiger partial charge in [0.25, 0.3) is 0 Å². The maximum atomic E-state index is 12.9. The Morgan fingerprint density at radius 3 is 1.94 bits per heavy atom. The van der Waals surface area contributed by atoms with Crippen molar-refractivity contribution >= 4 is 0 Å². The Labute approximate surface area is 88.7 Å². The monoisotopic (exact) mass is 264 g/mol. The molecule has 1 rings (SSSR count). The average Bonchev–Trinajstić information content (AvgIpc) is 2.15. The highest BCUT2D eigenvalue weighted by Gasteiger charge is 2.74. The van der Waals surface area contributed by atoms with Crippen LogP contribution in [0.4, 0.5) is 30.7 Å². The largest absolute Gasteiger partial charge is 0.462 e. The molecule has 0 fully saturated rings. The van der Waals surface area contributed by atoms with Gasteiger partial charge >= 0.3 is 18.0 Å². The van der Waals surface area contributed by atoms with Crippen LogP contribution >= 0.6 is 0 Å². The summed E-state index contributed by atoms with van der Waals surface area (Å²) in [7, 11) is 0. The van der Waals surface area contributed by atoms with Gasteiger partial charge < -0.3 is 4.42 Å². The van der Waals surface area contributed by atoms with Crippen LogP contribution in [0, 0.1) is 0 Å². The molecule has 0 aromatic carbocycles. The second-order valence-corrected chi connectivity index (χ2v) is 2.98. The Morgan fingerprint density at radius 1 is 1.00 bits per heavy atom. The molecule has 1 heterocycles. The Hall–Kier alpha value is -1.54. The highest BCUT2D eigenvalue weighted by molar-refractivity contribution is 5.11. The molecule has 96 valence electrons. The molecule has 1 aromatic heterocycles. The van der Waals surface area contributed by atoms with E-state index in [9.17, 15) is 35.5 Å². The predicted molar refractivity (Wildman–Crippen MR) is 39.9 cm³/mol. The van der Waals surface area contributed by atoms with Gasteiger partial charge in [-0.2, -0.15) is 30.7 Å². The third-order valence-corrected chi connectivity index (χ3v) is 1.76. The molecular weight excluding hydrogens is 261 g/mol. The zero-order valence-corrected chi connectivity index (χ0v) is 7.69. The van der Waals surface area contributed by atoms with Crippen LogP contribution in [0.25, 0.3) is 0 Å². The zero-order chi connectivity index (χ0) is 13.5. The lowest BCUT2D eigenvalue weighted by molar-refractivity contribution is -0.363. The quantitative estimate of drug-likeness (QED) is 0.769. The lowest BCUT2D eigenvalue weighted by Crippen LogP contribution is -2.50. The van der Waals surface area contributed by atoms with E-state index in [0.29, 0.717) is 12.3 Å². The minimum Gasteiger partial charge on any atom is -0.462 e. The number of hydrogen-bond acceptors (Lipinski definition) is 2. The minimum absolute atomic E-state index is 0.125. The lowest BCUT2D eigenvalue weighted by atomic mass is 10.1. The van der Waals surface area contributed by atoms with Crippen molar-refractivity contribution in [1.82, 2.24) is 0 Å². The van der Waals surface area contributed by atoms with Crippen molar-refractivity contribution in [2.24, 2.45) is 0 Å². The molecule has 0 saturated carbocycles. The standard InChI is InChI=1S/C8H3F7O2/c9-6(10,7(11,12)8(13,14)15)5-3-4(16)1-2-17-5/h1-3H. The number of halogens is 7. The molecule has 0 radical (unpaired) electrons. The van der Waals surface area contributed by atoms with Crippen LogP contribution in [0.1, 0.15) is 5.76 Å². The lowest BCUT2D eigenvalue weighted by Gasteiger charge is -2.26. The fraction of sp³-hybridized carbons (Fsp3) is 0.375. The van der Waals surface area contributed by atoms with E-state index in [-0.39, 0.29) is 6.07 Å². The predicted octanol–water partition coefficient (Wildman–Crippen LogP) is 2.93. The van der Waals surface area contributed by atoms with Crippen molar-refractivity contribution in [2.75, 3.05) is 0 Å². The number of rotatable bonds is 2. The maximum absolute atomic E-state index is 12.9. The molecule has 2 nitrogen and oxygen atoms in total. The van der Waals surface area contributed by atoms with Crippen LogP contribution < -0.4 is 5.43 Å². The van der Waals surface area contributed by atoms with Crippen LogP contribution in [-0.4, -0.2) is 12.1 Å². The molecule has 17 heavy (non-hydrogen) atoms. The van der Waals surface area contributed by atoms with Crippen molar-refractivity contribution in [3.63, 3.8) is 0 Å². The van der Waals surface area contributed by atoms with Crippen LogP contribution in [0.5, 0.6) is 0 Å². The number of hydrogen-bond donors (Lipinski definition) is 0. The van der Waals surface area contributed by atoms with Crippen molar-refractivity contribution in [2.45, 2.75) is 18.0 Å². The van der Waals surface area contributed by atoms with Crippen LogP contribution in [0.3, 0.4) is 0 Å². The van der Waals surface area contributed by atoms with Crippen molar-refractivity contribution in [3.8, 4) is 0 Å². The Kier molecular flexibility index (Phi) is 2.98. The molecule has 0 saturated heterocycles. The van der Waals surface area contributed by atoms with Crippen molar-refractivity contribution in [1.29, 1.82) is 0 Å². The van der Waals surface area contributed by atoms with Crippen molar-refractivity contribution < 1.29 is 35.2 Å². The summed E-state index contributed by atoms with van der Waals surface area (Å²) < 4.78 is 89.9. The van der Waals surface area contributed by atoms with E-state index in [4.69, 9.17) is 0 Å². The van der Waals surface area contributed by atoms with Gasteiger partial charge in [0.2, 0.25) is 0 Å². The smallest absolute Gasteiger partial charge is 0.460 e. The molecule has 0 atom stereocenters. The fourth-order valence-electron chi connectivity index (χ4n) is 0.883. The molecule has 0 amide bonds. The second kappa shape index (κ2) is 3.74. The molecule has 0 unspecified atom stereocenters. The first-order chi connectivity index (χ1) is 7.50. The van der Waals surface area contributed by atoms with E-state index in [0.717, 1.165) is 0 Å². The summed E-state index contributed by atoms with van der Waals surface area (Å²) in [6.45, 7) is 0. The van der Waals surface area contributed by atoms with E-state index in [2.05, 4.69) is 4.42 Å². The summed E-state index contributed by atoms with van der Waals surface area (Å²) >= 11 is 0. The van der Waals surface area contributed by atoms with E-state index < -0.39 is 29.2 Å². The van der Waals surface area contributed by atoms with E-state index >= 15 is 0 Å². The zero-order valence-electron chi connectivity index (χ0n) is 7.69. The molecule has 1 aromatic rings. The summed E-state index contributed by atoms with van der Waals surface area (Å²) in [4.78, 5) is 10.6. The van der Waals surface area contributed by atoms with Gasteiger partial charge in [-0.25, -0.2) is 0 Å². The van der Waals surface area contributed by atoms with E-state index in [1.807, 2.05) is 0 Å². The summed E-state index contributed by atoms with van der Waals surface area (Å²) in [6, 6.07) is 0.463. The summed E-state index contributed by atoms with van der Waals surface area (Å²) in [6.07, 6.45) is -6.16. The Bertz CT molecular complexity index is 459. The fourth-order valence-corrected chi connectivity index (χ4v) is 0.883. The average molecular weight is 264 g/mol. The molecule has 0 N–H and O–H groups in total. The van der Waals surface area contributed by atoms with Crippen molar-refractivity contribution in [3.05, 3.63) is 34.4 Å². The molecule has 0 aliphatic rings. The van der Waals surface area contributed by atoms with Gasteiger partial charge in [0, 0.05) is 12.1 Å². The van der Waals surface area contributed by atoms with Gasteiger partial charge in [-0.3, -0.25) is 4.79 Å². The molecule has 9 heteroatoms. The highest BCUT2D eigenvalue weighted by atomic mass is 19.4. The molecule has 0 aliphatic heterocycles. The summed E-state index contributed by atoms with van der Waals surface area (Å²) in [5, 5.41) is 0. The van der Waals surface area contributed by atoms with Crippen LogP contribution in [0.15, 0.2) is 27.6 Å². The third-order valence-electron chi connectivity index (χ3n) is 1.76. The SMILES string of the molecule is O=c1ccoc(C(F)(F)C(F)(F)C(F)(F)F)c1. The maximum Gasteiger partial charge on any atom is 0.460 e. The van der Waals surface area contributed by atoms with Gasteiger partial charge in [-0.1, -0.05) is 0 Å². The molecule has 0 aliphatic carbocycles. The normalized spacial score (nSPS) is 13.8. The van der Waals surface area contributed by atoms with Gasteiger partial charge in [0.1, 0.15) is 0 Å². The first-order valence-electron chi connectivity index (χ1n) is 3.92. The van der Waals surface area contributed by atoms with Crippen LogP contribution in [-0.2, 0) is 5.92 Å². The second-order valence-electron chi connectivity index (χ2n) is 2.98. The third kappa shape index (κ3) is 2.13. The number of alkyl halides is 7. The minimum atomic E-state index is -6.47. The van der Waals surface area contributed by atoms with E-state index in [1.54, 1.807) is 0 Å². The van der Waals surface area contributed by atoms with E-state index in [1.165, 1.54) is 0 Å².